The Bertz CT molecular complexity index is 585. The lowest BCUT2D eigenvalue weighted by atomic mass is 9.98. The zero-order chi connectivity index (χ0) is 13.3. The number of hydrogen-bond acceptors (Lipinski definition) is 2. The molecule has 0 aliphatic carbocycles. The molecule has 0 bridgehead atoms. The number of aromatic carboxylic acids is 1. The summed E-state index contributed by atoms with van der Waals surface area (Å²) in [4.78, 5) is 11.4. The molecule has 96 valence electrons. The minimum Gasteiger partial charge on any atom is -0.478 e. The number of fused-ring (bicyclic) bond motifs is 1. The van der Waals surface area contributed by atoms with E-state index < -0.39 is 5.97 Å². The molecule has 0 aliphatic rings. The van der Waals surface area contributed by atoms with Gasteiger partial charge in [-0.05, 0) is 29.7 Å². The third-order valence-electron chi connectivity index (χ3n) is 3.15. The summed E-state index contributed by atoms with van der Waals surface area (Å²) in [5.41, 5.74) is 7.71. The predicted octanol–water partition coefficient (Wildman–Crippen LogP) is 2.42. The van der Waals surface area contributed by atoms with Gasteiger partial charge in [0.25, 0.3) is 0 Å². The molecule has 0 saturated heterocycles. The van der Waals surface area contributed by atoms with E-state index in [-0.39, 0.29) is 0 Å². The first-order valence-electron chi connectivity index (χ1n) is 6.10. The van der Waals surface area contributed by atoms with Gasteiger partial charge in [-0.1, -0.05) is 13.8 Å². The third kappa shape index (κ3) is 2.11. The zero-order valence-corrected chi connectivity index (χ0v) is 10.7. The summed E-state index contributed by atoms with van der Waals surface area (Å²) in [6, 6.07) is 5.77. The number of rotatable bonds is 4. The Balaban J connectivity index is 2.71. The summed E-state index contributed by atoms with van der Waals surface area (Å²) in [6.45, 7) is 5.24. The van der Waals surface area contributed by atoms with Crippen LogP contribution in [0.25, 0.3) is 10.9 Å². The van der Waals surface area contributed by atoms with Crippen LogP contribution < -0.4 is 5.73 Å². The van der Waals surface area contributed by atoms with Crippen LogP contribution in [0.2, 0.25) is 0 Å². The van der Waals surface area contributed by atoms with Gasteiger partial charge in [-0.3, -0.25) is 0 Å². The van der Waals surface area contributed by atoms with E-state index in [1.165, 1.54) is 0 Å². The fraction of sp³-hybridized carbons (Fsp3) is 0.357. The van der Waals surface area contributed by atoms with E-state index in [1.807, 2.05) is 16.8 Å². The van der Waals surface area contributed by atoms with Crippen molar-refractivity contribution in [3.8, 4) is 0 Å². The second-order valence-corrected chi connectivity index (χ2v) is 4.76. The lowest BCUT2D eigenvalue weighted by molar-refractivity contribution is 0.0698. The summed E-state index contributed by atoms with van der Waals surface area (Å²) < 4.78 is 1.91. The van der Waals surface area contributed by atoms with Gasteiger partial charge in [0.1, 0.15) is 0 Å². The highest BCUT2D eigenvalue weighted by Crippen LogP contribution is 2.26. The van der Waals surface area contributed by atoms with Gasteiger partial charge in [0.2, 0.25) is 0 Å². The molecule has 0 aliphatic heterocycles. The molecule has 3 N–H and O–H groups in total. The van der Waals surface area contributed by atoms with Crippen LogP contribution in [-0.2, 0) is 6.54 Å². The Morgan fingerprint density at radius 3 is 2.72 bits per heavy atom. The molecular formula is C14H18N2O2. The minimum absolute atomic E-state index is 0.311. The highest BCUT2D eigenvalue weighted by atomic mass is 16.4. The minimum atomic E-state index is -0.889. The fourth-order valence-corrected chi connectivity index (χ4v) is 2.19. The molecule has 1 aromatic carbocycles. The third-order valence-corrected chi connectivity index (χ3v) is 3.15. The van der Waals surface area contributed by atoms with Gasteiger partial charge in [-0.15, -0.1) is 0 Å². The average molecular weight is 246 g/mol. The van der Waals surface area contributed by atoms with Crippen LogP contribution in [0.15, 0.2) is 24.4 Å². The molecule has 1 heterocycles. The number of benzene rings is 1. The van der Waals surface area contributed by atoms with Crippen molar-refractivity contribution in [2.24, 2.45) is 5.73 Å². The van der Waals surface area contributed by atoms with Crippen molar-refractivity contribution in [1.29, 1.82) is 0 Å². The van der Waals surface area contributed by atoms with E-state index in [2.05, 4.69) is 19.9 Å². The SMILES string of the molecule is CC(C)c1cc(C(=O)O)c2c(ccn2CCN)c1. The largest absolute Gasteiger partial charge is 0.478 e. The van der Waals surface area contributed by atoms with Gasteiger partial charge in [-0.2, -0.15) is 0 Å². The number of carboxylic acids is 1. The zero-order valence-electron chi connectivity index (χ0n) is 10.7. The lowest BCUT2D eigenvalue weighted by Crippen LogP contribution is -2.11. The summed E-state index contributed by atoms with van der Waals surface area (Å²) in [5.74, 6) is -0.579. The van der Waals surface area contributed by atoms with Crippen molar-refractivity contribution >= 4 is 16.9 Å². The quantitative estimate of drug-likeness (QED) is 0.870. The Morgan fingerprint density at radius 1 is 1.44 bits per heavy atom. The Hall–Kier alpha value is -1.81. The van der Waals surface area contributed by atoms with Crippen LogP contribution in [0, 0.1) is 0 Å². The van der Waals surface area contributed by atoms with Gasteiger partial charge >= 0.3 is 5.97 Å². The lowest BCUT2D eigenvalue weighted by Gasteiger charge is -2.10. The Labute approximate surface area is 106 Å². The van der Waals surface area contributed by atoms with Crippen molar-refractivity contribution < 1.29 is 9.90 Å². The first-order chi connectivity index (χ1) is 8.54. The summed E-state index contributed by atoms with van der Waals surface area (Å²) in [5, 5.41) is 10.3. The first kappa shape index (κ1) is 12.6. The highest BCUT2D eigenvalue weighted by Gasteiger charge is 2.15. The number of hydrogen-bond donors (Lipinski definition) is 2. The molecule has 0 fully saturated rings. The Morgan fingerprint density at radius 2 is 2.17 bits per heavy atom. The molecule has 0 amide bonds. The molecule has 0 spiro atoms. The molecule has 2 aromatic rings. The second kappa shape index (κ2) is 4.82. The van der Waals surface area contributed by atoms with E-state index in [4.69, 9.17) is 5.73 Å². The molecule has 4 nitrogen and oxygen atoms in total. The molecule has 0 unspecified atom stereocenters. The van der Waals surface area contributed by atoms with Crippen molar-refractivity contribution in [3.63, 3.8) is 0 Å². The van der Waals surface area contributed by atoms with Crippen LogP contribution in [0.5, 0.6) is 0 Å². The average Bonchev–Trinajstić information content (AvgIpc) is 2.71. The molecule has 0 saturated carbocycles. The molecule has 0 radical (unpaired) electrons. The van der Waals surface area contributed by atoms with E-state index in [1.54, 1.807) is 6.07 Å². The molecule has 4 heteroatoms. The van der Waals surface area contributed by atoms with Crippen molar-refractivity contribution in [2.75, 3.05) is 6.54 Å². The number of carboxylic acid groups (broad SMARTS) is 1. The van der Waals surface area contributed by atoms with Crippen molar-refractivity contribution in [1.82, 2.24) is 4.57 Å². The number of nitrogens with two attached hydrogens (primary N) is 1. The van der Waals surface area contributed by atoms with E-state index >= 15 is 0 Å². The molecular weight excluding hydrogens is 228 g/mol. The first-order valence-corrected chi connectivity index (χ1v) is 6.10. The summed E-state index contributed by atoms with van der Waals surface area (Å²) >= 11 is 0. The number of carbonyl (C=O) groups is 1. The summed E-state index contributed by atoms with van der Waals surface area (Å²) in [6.07, 6.45) is 1.90. The van der Waals surface area contributed by atoms with Gasteiger partial charge < -0.3 is 15.4 Å². The topological polar surface area (TPSA) is 68.2 Å². The monoisotopic (exact) mass is 246 g/mol. The van der Waals surface area contributed by atoms with Gasteiger partial charge in [0.05, 0.1) is 11.1 Å². The van der Waals surface area contributed by atoms with Gasteiger partial charge in [0, 0.05) is 24.7 Å². The van der Waals surface area contributed by atoms with Crippen molar-refractivity contribution in [2.45, 2.75) is 26.3 Å². The Kier molecular flexibility index (Phi) is 3.39. The second-order valence-electron chi connectivity index (χ2n) is 4.76. The van der Waals surface area contributed by atoms with E-state index in [0.717, 1.165) is 16.5 Å². The highest BCUT2D eigenvalue weighted by molar-refractivity contribution is 6.02. The maximum absolute atomic E-state index is 11.4. The standard InChI is InChI=1S/C14H18N2O2/c1-9(2)11-7-10-3-5-16(6-4-15)13(10)12(8-11)14(17)18/h3,5,7-9H,4,6,15H2,1-2H3,(H,17,18). The molecule has 0 atom stereocenters. The van der Waals surface area contributed by atoms with Crippen LogP contribution in [0.3, 0.4) is 0 Å². The van der Waals surface area contributed by atoms with Gasteiger partial charge in [0.15, 0.2) is 0 Å². The van der Waals surface area contributed by atoms with Crippen LogP contribution in [0.1, 0.15) is 35.7 Å². The maximum atomic E-state index is 11.4. The number of nitrogens with zero attached hydrogens (tertiary/aromatic N) is 1. The maximum Gasteiger partial charge on any atom is 0.337 e. The molecule has 2 rings (SSSR count). The van der Waals surface area contributed by atoms with Crippen LogP contribution in [-0.4, -0.2) is 22.2 Å². The fourth-order valence-electron chi connectivity index (χ4n) is 2.19. The predicted molar refractivity (Wildman–Crippen MR) is 72.0 cm³/mol. The van der Waals surface area contributed by atoms with Crippen molar-refractivity contribution in [3.05, 3.63) is 35.5 Å². The smallest absolute Gasteiger partial charge is 0.337 e. The van der Waals surface area contributed by atoms with Crippen LogP contribution >= 0.6 is 0 Å². The number of aromatic nitrogens is 1. The normalized spacial score (nSPS) is 11.3. The van der Waals surface area contributed by atoms with E-state index in [0.29, 0.717) is 24.6 Å². The summed E-state index contributed by atoms with van der Waals surface area (Å²) in [7, 11) is 0. The van der Waals surface area contributed by atoms with E-state index in [9.17, 15) is 9.90 Å². The molecule has 18 heavy (non-hydrogen) atoms. The molecule has 1 aromatic heterocycles. The van der Waals surface area contributed by atoms with Gasteiger partial charge in [-0.25, -0.2) is 4.79 Å². The van der Waals surface area contributed by atoms with Crippen LogP contribution in [0.4, 0.5) is 0 Å².